The number of aryl methyl sites for hydroxylation is 1. The Morgan fingerprint density at radius 1 is 1.41 bits per heavy atom. The van der Waals surface area contributed by atoms with E-state index in [9.17, 15) is 14.0 Å². The predicted molar refractivity (Wildman–Crippen MR) is 76.8 cm³/mol. The molecule has 114 valence electrons. The molecule has 22 heavy (non-hydrogen) atoms. The van der Waals surface area contributed by atoms with E-state index in [4.69, 9.17) is 4.52 Å². The van der Waals surface area contributed by atoms with Crippen LogP contribution in [-0.4, -0.2) is 23.0 Å². The van der Waals surface area contributed by atoms with Gasteiger partial charge >= 0.3 is 0 Å². The Morgan fingerprint density at radius 3 is 2.77 bits per heavy atom. The third-order valence-corrected chi connectivity index (χ3v) is 3.50. The third kappa shape index (κ3) is 2.69. The van der Waals surface area contributed by atoms with Crippen molar-refractivity contribution in [2.24, 2.45) is 0 Å². The van der Waals surface area contributed by atoms with Gasteiger partial charge in [0.2, 0.25) is 11.8 Å². The van der Waals surface area contributed by atoms with Crippen LogP contribution in [0.5, 0.6) is 0 Å². The van der Waals surface area contributed by atoms with Crippen LogP contribution in [0.2, 0.25) is 0 Å². The molecular weight excluding hydrogens is 289 g/mol. The van der Waals surface area contributed by atoms with Gasteiger partial charge in [-0.3, -0.25) is 14.5 Å². The Morgan fingerprint density at radius 2 is 2.14 bits per heavy atom. The van der Waals surface area contributed by atoms with Gasteiger partial charge in [-0.2, -0.15) is 0 Å². The van der Waals surface area contributed by atoms with Crippen molar-refractivity contribution in [3.63, 3.8) is 0 Å². The standard InChI is InChI=1S/C15H14FN3O3/c1-9-8-13(18-22-9)17-15(21)12-6-7-14(20)19(12)11-4-2-10(16)3-5-11/h2-5,8,12H,6-7H2,1H3,(H,17,18,21). The van der Waals surface area contributed by atoms with Gasteiger partial charge in [-0.15, -0.1) is 0 Å². The van der Waals surface area contributed by atoms with Crippen LogP contribution >= 0.6 is 0 Å². The highest BCUT2D eigenvalue weighted by molar-refractivity contribution is 6.07. The van der Waals surface area contributed by atoms with Gasteiger partial charge in [0.15, 0.2) is 5.82 Å². The van der Waals surface area contributed by atoms with Gasteiger partial charge in [-0.25, -0.2) is 4.39 Å². The van der Waals surface area contributed by atoms with Crippen LogP contribution in [0.1, 0.15) is 18.6 Å². The largest absolute Gasteiger partial charge is 0.360 e. The number of hydrogen-bond acceptors (Lipinski definition) is 4. The first-order chi connectivity index (χ1) is 10.5. The van der Waals surface area contributed by atoms with Crippen molar-refractivity contribution >= 4 is 23.3 Å². The second-order valence-electron chi connectivity index (χ2n) is 5.11. The molecule has 2 heterocycles. The Balaban J connectivity index is 1.80. The molecule has 1 aromatic carbocycles. The summed E-state index contributed by atoms with van der Waals surface area (Å²) in [5, 5.41) is 6.32. The minimum atomic E-state index is -0.644. The normalized spacial score (nSPS) is 17.8. The fraction of sp³-hybridized carbons (Fsp3) is 0.267. The molecule has 0 bridgehead atoms. The highest BCUT2D eigenvalue weighted by atomic mass is 19.1. The maximum Gasteiger partial charge on any atom is 0.248 e. The zero-order chi connectivity index (χ0) is 15.7. The van der Waals surface area contributed by atoms with Gasteiger partial charge in [-0.05, 0) is 37.6 Å². The summed E-state index contributed by atoms with van der Waals surface area (Å²) in [4.78, 5) is 25.8. The maximum absolute atomic E-state index is 13.0. The number of carbonyl (C=O) groups is 2. The minimum Gasteiger partial charge on any atom is -0.360 e. The van der Waals surface area contributed by atoms with Crippen LogP contribution in [0.3, 0.4) is 0 Å². The number of hydrogen-bond donors (Lipinski definition) is 1. The number of amides is 2. The number of anilines is 2. The molecule has 0 spiro atoms. The molecule has 0 aliphatic carbocycles. The summed E-state index contributed by atoms with van der Waals surface area (Å²) in [7, 11) is 0. The van der Waals surface area contributed by atoms with Crippen molar-refractivity contribution < 1.29 is 18.5 Å². The van der Waals surface area contributed by atoms with Crippen LogP contribution in [-0.2, 0) is 9.59 Å². The van der Waals surface area contributed by atoms with Crippen LogP contribution < -0.4 is 10.2 Å². The third-order valence-electron chi connectivity index (χ3n) is 3.50. The monoisotopic (exact) mass is 303 g/mol. The number of carbonyl (C=O) groups excluding carboxylic acids is 2. The first kappa shape index (κ1) is 14.2. The molecule has 7 heteroatoms. The number of nitrogens with one attached hydrogen (secondary N) is 1. The first-order valence-electron chi connectivity index (χ1n) is 6.86. The van der Waals surface area contributed by atoms with Crippen LogP contribution in [0, 0.1) is 12.7 Å². The summed E-state index contributed by atoms with van der Waals surface area (Å²) in [6.07, 6.45) is 0.673. The smallest absolute Gasteiger partial charge is 0.248 e. The molecule has 2 aromatic rings. The summed E-state index contributed by atoms with van der Waals surface area (Å²) in [5.74, 6) is -0.0184. The molecule has 1 N–H and O–H groups in total. The highest BCUT2D eigenvalue weighted by Gasteiger charge is 2.37. The fourth-order valence-corrected chi connectivity index (χ4v) is 2.49. The van der Waals surface area contributed by atoms with E-state index in [-0.39, 0.29) is 18.2 Å². The van der Waals surface area contributed by atoms with Crippen molar-refractivity contribution in [2.45, 2.75) is 25.8 Å². The molecule has 2 amide bonds. The van der Waals surface area contributed by atoms with E-state index in [1.54, 1.807) is 13.0 Å². The van der Waals surface area contributed by atoms with E-state index in [0.717, 1.165) is 0 Å². The highest BCUT2D eigenvalue weighted by Crippen LogP contribution is 2.27. The van der Waals surface area contributed by atoms with E-state index in [1.807, 2.05) is 0 Å². The molecule has 6 nitrogen and oxygen atoms in total. The molecule has 3 rings (SSSR count). The van der Waals surface area contributed by atoms with E-state index in [2.05, 4.69) is 10.5 Å². The molecule has 1 aliphatic rings. The molecule has 1 aliphatic heterocycles. The zero-order valence-electron chi connectivity index (χ0n) is 11.9. The van der Waals surface area contributed by atoms with Crippen molar-refractivity contribution in [2.75, 3.05) is 10.2 Å². The lowest BCUT2D eigenvalue weighted by Gasteiger charge is -2.23. The Hall–Kier alpha value is -2.70. The van der Waals surface area contributed by atoms with E-state index < -0.39 is 11.9 Å². The van der Waals surface area contributed by atoms with Gasteiger partial charge in [0.05, 0.1) is 0 Å². The topological polar surface area (TPSA) is 75.4 Å². The number of benzene rings is 1. The molecule has 0 radical (unpaired) electrons. The molecule has 1 fully saturated rings. The summed E-state index contributed by atoms with van der Waals surface area (Å²) in [5.41, 5.74) is 0.500. The molecular formula is C15H14FN3O3. The SMILES string of the molecule is Cc1cc(NC(=O)C2CCC(=O)N2c2ccc(F)cc2)no1. The summed E-state index contributed by atoms with van der Waals surface area (Å²) in [6, 6.07) is 6.44. The van der Waals surface area contributed by atoms with Crippen LogP contribution in [0.4, 0.5) is 15.9 Å². The predicted octanol–water partition coefficient (Wildman–Crippen LogP) is 2.26. The molecule has 1 saturated heterocycles. The quantitative estimate of drug-likeness (QED) is 0.943. The van der Waals surface area contributed by atoms with E-state index >= 15 is 0 Å². The van der Waals surface area contributed by atoms with Gasteiger partial charge in [0.1, 0.15) is 17.6 Å². The summed E-state index contributed by atoms with van der Waals surface area (Å²) in [6.45, 7) is 1.71. The molecule has 1 atom stereocenters. The van der Waals surface area contributed by atoms with Crippen molar-refractivity contribution in [3.05, 3.63) is 41.9 Å². The lowest BCUT2D eigenvalue weighted by atomic mass is 10.2. The van der Waals surface area contributed by atoms with Crippen LogP contribution in [0.25, 0.3) is 0 Å². The van der Waals surface area contributed by atoms with E-state index in [1.165, 1.54) is 29.2 Å². The Kier molecular flexibility index (Phi) is 3.62. The molecule has 1 unspecified atom stereocenters. The second kappa shape index (κ2) is 5.59. The molecule has 0 saturated carbocycles. The lowest BCUT2D eigenvalue weighted by Crippen LogP contribution is -2.41. The van der Waals surface area contributed by atoms with Gasteiger partial charge in [0, 0.05) is 18.2 Å². The Labute approximate surface area is 125 Å². The van der Waals surface area contributed by atoms with Crippen molar-refractivity contribution in [1.29, 1.82) is 0 Å². The van der Waals surface area contributed by atoms with Crippen LogP contribution in [0.15, 0.2) is 34.9 Å². The van der Waals surface area contributed by atoms with Crippen molar-refractivity contribution in [1.82, 2.24) is 5.16 Å². The summed E-state index contributed by atoms with van der Waals surface area (Å²) >= 11 is 0. The fourth-order valence-electron chi connectivity index (χ4n) is 2.49. The van der Waals surface area contributed by atoms with Gasteiger partial charge in [-0.1, -0.05) is 5.16 Å². The molecule has 1 aromatic heterocycles. The minimum absolute atomic E-state index is 0.164. The average molecular weight is 303 g/mol. The first-order valence-corrected chi connectivity index (χ1v) is 6.86. The number of rotatable bonds is 3. The second-order valence-corrected chi connectivity index (χ2v) is 5.11. The summed E-state index contributed by atoms with van der Waals surface area (Å²) < 4.78 is 17.9. The number of nitrogens with zero attached hydrogens (tertiary/aromatic N) is 2. The van der Waals surface area contributed by atoms with Crippen molar-refractivity contribution in [3.8, 4) is 0 Å². The van der Waals surface area contributed by atoms with E-state index in [0.29, 0.717) is 23.7 Å². The van der Waals surface area contributed by atoms with Gasteiger partial charge < -0.3 is 9.84 Å². The zero-order valence-corrected chi connectivity index (χ0v) is 11.9. The van der Waals surface area contributed by atoms with Gasteiger partial charge in [0.25, 0.3) is 0 Å². The lowest BCUT2D eigenvalue weighted by molar-refractivity contribution is -0.120. The average Bonchev–Trinajstić information content (AvgIpc) is 3.06. The maximum atomic E-state index is 13.0. The number of halogens is 1. The Bertz CT molecular complexity index is 711. The number of aromatic nitrogens is 1.